The summed E-state index contributed by atoms with van der Waals surface area (Å²) < 4.78 is 0. The van der Waals surface area contributed by atoms with Gasteiger partial charge in [0.25, 0.3) is 0 Å². The van der Waals surface area contributed by atoms with Crippen LogP contribution in [-0.4, -0.2) is 18.1 Å². The van der Waals surface area contributed by atoms with E-state index in [1.807, 2.05) is 11.8 Å². The average Bonchev–Trinajstić information content (AvgIpc) is 2.39. The van der Waals surface area contributed by atoms with Gasteiger partial charge in [0.1, 0.15) is 0 Å². The molecule has 1 atom stereocenters. The predicted octanol–water partition coefficient (Wildman–Crippen LogP) is 3.22. The van der Waals surface area contributed by atoms with Crippen LogP contribution in [0.5, 0.6) is 0 Å². The van der Waals surface area contributed by atoms with Crippen molar-refractivity contribution in [3.63, 3.8) is 0 Å². The molecule has 1 fully saturated rings. The largest absolute Gasteiger partial charge is 0.308 e. The third-order valence-electron chi connectivity index (χ3n) is 3.12. The van der Waals surface area contributed by atoms with Crippen molar-refractivity contribution in [2.24, 2.45) is 0 Å². The van der Waals surface area contributed by atoms with Crippen LogP contribution in [0.2, 0.25) is 0 Å². The molecule has 2 aromatic carbocycles. The van der Waals surface area contributed by atoms with E-state index >= 15 is 0 Å². The molecule has 1 nitrogen and oxygen atoms in total. The number of hydrogen-bond donors (Lipinski definition) is 1. The molecule has 0 radical (unpaired) electrons. The maximum absolute atomic E-state index is 3.61. The highest BCUT2D eigenvalue weighted by atomic mass is 32.2. The lowest BCUT2D eigenvalue weighted by atomic mass is 9.99. The SMILES string of the molecule is c1ccc2c([C@@H]3CSCCN3)cccc2c1. The topological polar surface area (TPSA) is 12.0 Å². The Hall–Kier alpha value is -0.990. The number of hydrogen-bond acceptors (Lipinski definition) is 2. The molecule has 16 heavy (non-hydrogen) atoms. The minimum atomic E-state index is 0.518. The van der Waals surface area contributed by atoms with Crippen molar-refractivity contribution in [1.82, 2.24) is 5.32 Å². The molecule has 2 aromatic rings. The van der Waals surface area contributed by atoms with Crippen LogP contribution in [0.15, 0.2) is 42.5 Å². The molecule has 0 unspecified atom stereocenters. The maximum Gasteiger partial charge on any atom is 0.0418 e. The van der Waals surface area contributed by atoms with Crippen LogP contribution in [0.25, 0.3) is 10.8 Å². The quantitative estimate of drug-likeness (QED) is 0.806. The standard InChI is InChI=1S/C14H15NS/c1-2-6-12-11(4-1)5-3-7-13(12)14-10-16-9-8-15-14/h1-7,14-15H,8-10H2/t14-/m0/s1. The van der Waals surface area contributed by atoms with Gasteiger partial charge in [0, 0.05) is 24.1 Å². The Morgan fingerprint density at radius 1 is 1.06 bits per heavy atom. The first-order valence-electron chi connectivity index (χ1n) is 5.74. The number of benzene rings is 2. The normalized spacial score (nSPS) is 21.1. The van der Waals surface area contributed by atoms with E-state index in [4.69, 9.17) is 0 Å². The summed E-state index contributed by atoms with van der Waals surface area (Å²) in [4.78, 5) is 0. The second kappa shape index (κ2) is 4.48. The van der Waals surface area contributed by atoms with Crippen LogP contribution in [-0.2, 0) is 0 Å². The van der Waals surface area contributed by atoms with E-state index < -0.39 is 0 Å². The second-order valence-electron chi connectivity index (χ2n) is 4.15. The lowest BCUT2D eigenvalue weighted by Crippen LogP contribution is -2.30. The van der Waals surface area contributed by atoms with Gasteiger partial charge in [-0.15, -0.1) is 0 Å². The van der Waals surface area contributed by atoms with Gasteiger partial charge in [0.2, 0.25) is 0 Å². The summed E-state index contributed by atoms with van der Waals surface area (Å²) in [5, 5.41) is 6.34. The highest BCUT2D eigenvalue weighted by Gasteiger charge is 2.16. The zero-order chi connectivity index (χ0) is 10.8. The van der Waals surface area contributed by atoms with E-state index in [1.54, 1.807) is 0 Å². The summed E-state index contributed by atoms with van der Waals surface area (Å²) in [5.74, 6) is 2.43. The van der Waals surface area contributed by atoms with Crippen molar-refractivity contribution in [3.8, 4) is 0 Å². The van der Waals surface area contributed by atoms with Crippen LogP contribution in [0.3, 0.4) is 0 Å². The molecule has 1 saturated heterocycles. The molecule has 3 rings (SSSR count). The molecule has 0 bridgehead atoms. The summed E-state index contributed by atoms with van der Waals surface area (Å²) >= 11 is 2.04. The third kappa shape index (κ3) is 1.83. The van der Waals surface area contributed by atoms with Crippen molar-refractivity contribution < 1.29 is 0 Å². The fourth-order valence-electron chi connectivity index (χ4n) is 2.32. The van der Waals surface area contributed by atoms with Crippen LogP contribution in [0.1, 0.15) is 11.6 Å². The molecule has 0 aromatic heterocycles. The van der Waals surface area contributed by atoms with Crippen LogP contribution in [0, 0.1) is 0 Å². The molecule has 1 aliphatic heterocycles. The van der Waals surface area contributed by atoms with Gasteiger partial charge in [-0.2, -0.15) is 11.8 Å². The first-order chi connectivity index (χ1) is 7.95. The highest BCUT2D eigenvalue weighted by molar-refractivity contribution is 7.99. The van der Waals surface area contributed by atoms with Gasteiger partial charge in [-0.3, -0.25) is 0 Å². The van der Waals surface area contributed by atoms with Crippen LogP contribution in [0.4, 0.5) is 0 Å². The molecule has 0 saturated carbocycles. The minimum absolute atomic E-state index is 0.518. The molecule has 0 aliphatic carbocycles. The highest BCUT2D eigenvalue weighted by Crippen LogP contribution is 2.28. The van der Waals surface area contributed by atoms with Gasteiger partial charge >= 0.3 is 0 Å². The van der Waals surface area contributed by atoms with E-state index in [0.717, 1.165) is 6.54 Å². The molecule has 1 aliphatic rings. The minimum Gasteiger partial charge on any atom is -0.308 e. The summed E-state index contributed by atoms with van der Waals surface area (Å²) in [5.41, 5.74) is 1.45. The molecule has 0 spiro atoms. The zero-order valence-electron chi connectivity index (χ0n) is 9.15. The first-order valence-corrected chi connectivity index (χ1v) is 6.89. The van der Waals surface area contributed by atoms with Crippen molar-refractivity contribution in [2.75, 3.05) is 18.1 Å². The Bertz CT molecular complexity index is 484. The number of fused-ring (bicyclic) bond motifs is 1. The molecular weight excluding hydrogens is 214 g/mol. The van der Waals surface area contributed by atoms with Gasteiger partial charge in [-0.1, -0.05) is 42.5 Å². The molecule has 2 heteroatoms. The Labute approximate surface area is 100 Å². The molecule has 1 N–H and O–H groups in total. The summed E-state index contributed by atoms with van der Waals surface area (Å²) in [6.45, 7) is 1.12. The molecular formula is C14H15NS. The number of rotatable bonds is 1. The first kappa shape index (κ1) is 10.2. The van der Waals surface area contributed by atoms with Crippen molar-refractivity contribution >= 4 is 22.5 Å². The Morgan fingerprint density at radius 2 is 1.94 bits per heavy atom. The summed E-state index contributed by atoms with van der Waals surface area (Å²) in [6.07, 6.45) is 0. The zero-order valence-corrected chi connectivity index (χ0v) is 9.96. The fraction of sp³-hybridized carbons (Fsp3) is 0.286. The van der Waals surface area contributed by atoms with Gasteiger partial charge in [-0.25, -0.2) is 0 Å². The van der Waals surface area contributed by atoms with E-state index in [0.29, 0.717) is 6.04 Å². The lowest BCUT2D eigenvalue weighted by Gasteiger charge is -2.24. The molecule has 82 valence electrons. The third-order valence-corrected chi connectivity index (χ3v) is 4.18. The fourth-order valence-corrected chi connectivity index (χ4v) is 3.28. The van der Waals surface area contributed by atoms with E-state index in [1.165, 1.54) is 27.8 Å². The van der Waals surface area contributed by atoms with Crippen molar-refractivity contribution in [2.45, 2.75) is 6.04 Å². The maximum atomic E-state index is 3.61. The lowest BCUT2D eigenvalue weighted by molar-refractivity contribution is 0.599. The van der Waals surface area contributed by atoms with Gasteiger partial charge in [0.05, 0.1) is 0 Å². The summed E-state index contributed by atoms with van der Waals surface area (Å²) in [7, 11) is 0. The van der Waals surface area contributed by atoms with Crippen molar-refractivity contribution in [3.05, 3.63) is 48.0 Å². The molecule has 1 heterocycles. The Balaban J connectivity index is 2.08. The second-order valence-corrected chi connectivity index (χ2v) is 5.30. The Kier molecular flexibility index (Phi) is 2.85. The van der Waals surface area contributed by atoms with Gasteiger partial charge in [-0.05, 0) is 16.3 Å². The number of nitrogens with one attached hydrogen (secondary N) is 1. The van der Waals surface area contributed by atoms with Crippen LogP contribution >= 0.6 is 11.8 Å². The van der Waals surface area contributed by atoms with Crippen molar-refractivity contribution in [1.29, 1.82) is 0 Å². The van der Waals surface area contributed by atoms with Gasteiger partial charge < -0.3 is 5.32 Å². The Morgan fingerprint density at radius 3 is 2.81 bits per heavy atom. The average molecular weight is 229 g/mol. The number of thioether (sulfide) groups is 1. The van der Waals surface area contributed by atoms with Crippen LogP contribution < -0.4 is 5.32 Å². The monoisotopic (exact) mass is 229 g/mol. The molecule has 0 amide bonds. The van der Waals surface area contributed by atoms with E-state index in [2.05, 4.69) is 47.8 Å². The van der Waals surface area contributed by atoms with E-state index in [9.17, 15) is 0 Å². The smallest absolute Gasteiger partial charge is 0.0418 e. The van der Waals surface area contributed by atoms with E-state index in [-0.39, 0.29) is 0 Å². The predicted molar refractivity (Wildman–Crippen MR) is 72.0 cm³/mol. The van der Waals surface area contributed by atoms with Gasteiger partial charge in [0.15, 0.2) is 0 Å². The summed E-state index contributed by atoms with van der Waals surface area (Å²) in [6, 6.07) is 15.8.